The van der Waals surface area contributed by atoms with Gasteiger partial charge < -0.3 is 20.1 Å². The molecular weight excluding hydrogens is 408 g/mol. The van der Waals surface area contributed by atoms with Gasteiger partial charge in [-0.1, -0.05) is 18.2 Å². The first-order valence-corrected chi connectivity index (χ1v) is 11.5. The number of aliphatic hydroxyl groups excluding tert-OH is 1. The van der Waals surface area contributed by atoms with E-state index in [4.69, 9.17) is 4.74 Å². The lowest BCUT2D eigenvalue weighted by molar-refractivity contribution is 0.00400. The van der Waals surface area contributed by atoms with Gasteiger partial charge in [-0.2, -0.15) is 5.10 Å². The van der Waals surface area contributed by atoms with Crippen LogP contribution >= 0.6 is 0 Å². The van der Waals surface area contributed by atoms with Crippen LogP contribution in [0.4, 0.5) is 4.79 Å². The van der Waals surface area contributed by atoms with Crippen molar-refractivity contribution in [2.75, 3.05) is 13.2 Å². The number of amides is 2. The number of aliphatic hydroxyl groups is 1. The van der Waals surface area contributed by atoms with Crippen molar-refractivity contribution >= 4 is 22.9 Å². The number of ether oxygens (including phenoxy) is 1. The molecule has 0 aliphatic carbocycles. The molecule has 2 N–H and O–H groups in total. The summed E-state index contributed by atoms with van der Waals surface area (Å²) in [5, 5.41) is 17.7. The first kappa shape index (κ1) is 24.0. The van der Waals surface area contributed by atoms with Crippen molar-refractivity contribution in [1.82, 2.24) is 20.0 Å². The number of carbonyl (C=O) groups is 2. The van der Waals surface area contributed by atoms with Gasteiger partial charge in [0.2, 0.25) is 0 Å². The van der Waals surface area contributed by atoms with Gasteiger partial charge in [0.15, 0.2) is 5.69 Å². The van der Waals surface area contributed by atoms with Gasteiger partial charge in [0.1, 0.15) is 5.60 Å². The Morgan fingerprint density at radius 2 is 1.97 bits per heavy atom. The van der Waals surface area contributed by atoms with Crippen molar-refractivity contribution in [1.29, 1.82) is 0 Å². The molecule has 1 aromatic heterocycles. The fraction of sp³-hybridized carbons (Fsp3) is 0.625. The normalized spacial score (nSPS) is 19.4. The molecule has 3 rings (SSSR count). The highest BCUT2D eigenvalue weighted by Gasteiger charge is 2.35. The van der Waals surface area contributed by atoms with Gasteiger partial charge in [-0.05, 0) is 66.4 Å². The summed E-state index contributed by atoms with van der Waals surface area (Å²) in [6.07, 6.45) is 2.45. The topological polar surface area (TPSA) is 96.7 Å². The summed E-state index contributed by atoms with van der Waals surface area (Å²) in [4.78, 5) is 27.7. The third-order valence-corrected chi connectivity index (χ3v) is 5.68. The number of para-hydroxylation sites is 1. The van der Waals surface area contributed by atoms with Crippen LogP contribution in [0.1, 0.15) is 76.8 Å². The molecule has 0 radical (unpaired) electrons. The highest BCUT2D eigenvalue weighted by molar-refractivity contribution is 6.05. The molecule has 1 aliphatic rings. The van der Waals surface area contributed by atoms with Crippen LogP contribution in [0, 0.1) is 0 Å². The SMILES string of the molecule is CC(C)n1nc(C(=O)N[C@H]2CC[C@@H](CCCO)N(C(=O)OC(C)(C)C)C2)c2ccccc21. The highest BCUT2D eigenvalue weighted by Crippen LogP contribution is 2.25. The molecule has 2 atom stereocenters. The van der Waals surface area contributed by atoms with E-state index in [0.29, 0.717) is 25.1 Å². The van der Waals surface area contributed by atoms with Crippen LogP contribution in [0.5, 0.6) is 0 Å². The third-order valence-electron chi connectivity index (χ3n) is 5.68. The molecule has 1 fully saturated rings. The number of hydrogen-bond donors (Lipinski definition) is 2. The lowest BCUT2D eigenvalue weighted by Gasteiger charge is -2.40. The van der Waals surface area contributed by atoms with E-state index in [1.807, 2.05) is 63.6 Å². The number of hydrogen-bond acceptors (Lipinski definition) is 5. The predicted octanol–water partition coefficient (Wildman–Crippen LogP) is 3.89. The maximum Gasteiger partial charge on any atom is 0.410 e. The van der Waals surface area contributed by atoms with E-state index in [2.05, 4.69) is 10.4 Å². The number of nitrogens with one attached hydrogen (secondary N) is 1. The van der Waals surface area contributed by atoms with Crippen molar-refractivity contribution in [3.05, 3.63) is 30.0 Å². The van der Waals surface area contributed by atoms with Gasteiger partial charge in [-0.25, -0.2) is 4.79 Å². The Balaban J connectivity index is 1.77. The van der Waals surface area contributed by atoms with Gasteiger partial charge >= 0.3 is 6.09 Å². The third kappa shape index (κ3) is 5.59. The second-order valence-corrected chi connectivity index (χ2v) is 9.80. The Kier molecular flexibility index (Phi) is 7.44. The monoisotopic (exact) mass is 444 g/mol. The van der Waals surface area contributed by atoms with E-state index in [9.17, 15) is 14.7 Å². The number of fused-ring (bicyclic) bond motifs is 1. The Bertz CT molecular complexity index is 947. The Morgan fingerprint density at radius 3 is 2.62 bits per heavy atom. The molecule has 0 unspecified atom stereocenters. The van der Waals surface area contributed by atoms with E-state index in [0.717, 1.165) is 23.7 Å². The van der Waals surface area contributed by atoms with Crippen LogP contribution in [0.2, 0.25) is 0 Å². The molecule has 176 valence electrons. The Hall–Kier alpha value is -2.61. The van der Waals surface area contributed by atoms with Crippen LogP contribution in [-0.4, -0.2) is 62.6 Å². The average molecular weight is 445 g/mol. The number of benzene rings is 1. The molecule has 1 aromatic carbocycles. The van der Waals surface area contributed by atoms with Gasteiger partial charge in [0.25, 0.3) is 5.91 Å². The van der Waals surface area contributed by atoms with Crippen LogP contribution in [0.15, 0.2) is 24.3 Å². The van der Waals surface area contributed by atoms with Gasteiger partial charge in [-0.15, -0.1) is 0 Å². The zero-order valence-corrected chi connectivity index (χ0v) is 19.8. The molecule has 2 amide bonds. The smallest absolute Gasteiger partial charge is 0.410 e. The number of piperidine rings is 1. The van der Waals surface area contributed by atoms with Crippen LogP contribution in [0.3, 0.4) is 0 Å². The summed E-state index contributed by atoms with van der Waals surface area (Å²) in [6, 6.07) is 7.66. The Labute approximate surface area is 189 Å². The van der Waals surface area contributed by atoms with E-state index in [1.165, 1.54) is 0 Å². The van der Waals surface area contributed by atoms with Crippen LogP contribution in [-0.2, 0) is 4.74 Å². The minimum Gasteiger partial charge on any atom is -0.444 e. The molecule has 2 aromatic rings. The lowest BCUT2D eigenvalue weighted by Crippen LogP contribution is -2.55. The highest BCUT2D eigenvalue weighted by atomic mass is 16.6. The molecule has 1 saturated heterocycles. The number of nitrogens with zero attached hydrogens (tertiary/aromatic N) is 3. The van der Waals surface area contributed by atoms with Crippen molar-refractivity contribution in [3.63, 3.8) is 0 Å². The first-order valence-electron chi connectivity index (χ1n) is 11.5. The van der Waals surface area contributed by atoms with Crippen LogP contribution in [0.25, 0.3) is 10.9 Å². The summed E-state index contributed by atoms with van der Waals surface area (Å²) in [5.74, 6) is -0.233. The molecule has 0 spiro atoms. The van der Waals surface area contributed by atoms with Crippen molar-refractivity contribution in [3.8, 4) is 0 Å². The largest absolute Gasteiger partial charge is 0.444 e. The molecule has 8 heteroatoms. The predicted molar refractivity (Wildman–Crippen MR) is 124 cm³/mol. The molecule has 32 heavy (non-hydrogen) atoms. The first-order chi connectivity index (χ1) is 15.1. The summed E-state index contributed by atoms with van der Waals surface area (Å²) in [5.41, 5.74) is 0.730. The summed E-state index contributed by atoms with van der Waals surface area (Å²) < 4.78 is 7.47. The minimum atomic E-state index is -0.600. The van der Waals surface area contributed by atoms with Crippen LogP contribution < -0.4 is 5.32 Å². The van der Waals surface area contributed by atoms with E-state index in [1.54, 1.807) is 4.90 Å². The second kappa shape index (κ2) is 9.90. The lowest BCUT2D eigenvalue weighted by atomic mass is 9.95. The number of aromatic nitrogens is 2. The van der Waals surface area contributed by atoms with Crippen molar-refractivity contribution in [2.24, 2.45) is 0 Å². The molecule has 0 saturated carbocycles. The molecule has 2 heterocycles. The molecular formula is C24H36N4O4. The summed E-state index contributed by atoms with van der Waals surface area (Å²) >= 11 is 0. The minimum absolute atomic E-state index is 0.00821. The second-order valence-electron chi connectivity index (χ2n) is 9.80. The maximum atomic E-state index is 13.2. The number of likely N-dealkylation sites (tertiary alicyclic amines) is 1. The molecule has 0 bridgehead atoms. The molecule has 8 nitrogen and oxygen atoms in total. The van der Waals surface area contributed by atoms with Crippen molar-refractivity contribution < 1.29 is 19.4 Å². The zero-order chi connectivity index (χ0) is 23.5. The van der Waals surface area contributed by atoms with E-state index < -0.39 is 5.60 Å². The quantitative estimate of drug-likeness (QED) is 0.705. The number of carbonyl (C=O) groups excluding carboxylic acids is 2. The van der Waals surface area contributed by atoms with Crippen molar-refractivity contribution in [2.45, 2.75) is 84.0 Å². The number of rotatable bonds is 6. The summed E-state index contributed by atoms with van der Waals surface area (Å²) in [6.45, 7) is 10.1. The fourth-order valence-corrected chi connectivity index (χ4v) is 4.22. The van der Waals surface area contributed by atoms with Gasteiger partial charge in [0, 0.05) is 36.7 Å². The fourth-order valence-electron chi connectivity index (χ4n) is 4.22. The average Bonchev–Trinajstić information content (AvgIpc) is 3.11. The zero-order valence-electron chi connectivity index (χ0n) is 19.8. The maximum absolute atomic E-state index is 13.2. The van der Waals surface area contributed by atoms with Gasteiger partial charge in [-0.3, -0.25) is 9.48 Å². The summed E-state index contributed by atoms with van der Waals surface area (Å²) in [7, 11) is 0. The molecule has 1 aliphatic heterocycles. The van der Waals surface area contributed by atoms with E-state index >= 15 is 0 Å². The van der Waals surface area contributed by atoms with Gasteiger partial charge in [0.05, 0.1) is 5.52 Å². The Morgan fingerprint density at radius 1 is 1.25 bits per heavy atom. The standard InChI is InChI=1S/C24H36N4O4/c1-16(2)28-20-11-7-6-10-19(20)21(26-28)22(30)25-17-12-13-18(9-8-14-29)27(15-17)23(31)32-24(3,4)5/h6-7,10-11,16-18,29H,8-9,12-15H2,1-5H3,(H,25,30)/t17-,18+/m0/s1. The van der Waals surface area contributed by atoms with E-state index in [-0.39, 0.29) is 36.7 Å².